The Labute approximate surface area is 228 Å². The molecule has 2 aliphatic rings. The third-order valence-electron chi connectivity index (χ3n) is 8.04. The molecule has 0 bridgehead atoms. The SMILES string of the molecule is CC(=O)OCC(C)C1=C(OC(C)=O)C(=O)C2(C)C/C=C(/C)CC/C=C(\C)CCC(OC(C)=O)C(C)CCC12. The highest BCUT2D eigenvalue weighted by atomic mass is 16.5. The summed E-state index contributed by atoms with van der Waals surface area (Å²) in [6.07, 6.45) is 9.41. The molecule has 0 fully saturated rings. The molecule has 0 aliphatic heterocycles. The molecule has 0 amide bonds. The zero-order valence-electron chi connectivity index (χ0n) is 24.5. The lowest BCUT2D eigenvalue weighted by Gasteiger charge is -2.34. The number of hydrogen-bond acceptors (Lipinski definition) is 7. The minimum Gasteiger partial charge on any atom is -0.465 e. The molecular weight excluding hydrogens is 484 g/mol. The standard InChI is InChI=1S/C31H46O7/c1-19-10-9-11-20(2)16-17-31(8)26(14-13-21(3)27(15-12-19)37-24(6)33)28(22(4)18-36-23(5)32)29(30(31)35)38-25(7)34/h10,16,21-22,26-27H,9,11-15,17-18H2,1-8H3/b19-10+,20-16-. The molecule has 212 valence electrons. The Morgan fingerprint density at radius 1 is 0.974 bits per heavy atom. The number of fused-ring (bicyclic) bond motifs is 1. The summed E-state index contributed by atoms with van der Waals surface area (Å²) >= 11 is 0. The first kappa shape index (κ1) is 31.5. The number of ketones is 1. The molecule has 0 aromatic heterocycles. The van der Waals surface area contributed by atoms with Crippen LogP contribution in [0.15, 0.2) is 34.6 Å². The maximum atomic E-state index is 13.9. The van der Waals surface area contributed by atoms with Gasteiger partial charge < -0.3 is 14.2 Å². The first-order valence-corrected chi connectivity index (χ1v) is 13.8. The highest BCUT2D eigenvalue weighted by molar-refractivity contribution is 6.03. The molecule has 0 saturated carbocycles. The van der Waals surface area contributed by atoms with Crippen LogP contribution in [0.5, 0.6) is 0 Å². The molecule has 5 unspecified atom stereocenters. The van der Waals surface area contributed by atoms with E-state index in [4.69, 9.17) is 14.2 Å². The molecule has 0 heterocycles. The third-order valence-corrected chi connectivity index (χ3v) is 8.04. The molecule has 0 saturated heterocycles. The highest BCUT2D eigenvalue weighted by Crippen LogP contribution is 2.52. The number of Topliss-reactive ketones (excluding diaryl/α,β-unsaturated/α-hetero) is 1. The number of rotatable bonds is 5. The van der Waals surface area contributed by atoms with Crippen molar-refractivity contribution in [3.63, 3.8) is 0 Å². The molecule has 5 atom stereocenters. The summed E-state index contributed by atoms with van der Waals surface area (Å²) in [7, 11) is 0. The maximum Gasteiger partial charge on any atom is 0.308 e. The zero-order chi connectivity index (χ0) is 28.6. The van der Waals surface area contributed by atoms with Gasteiger partial charge in [0.1, 0.15) is 6.10 Å². The van der Waals surface area contributed by atoms with Crippen LogP contribution in [0.25, 0.3) is 0 Å². The fourth-order valence-corrected chi connectivity index (χ4v) is 5.70. The fraction of sp³-hybridized carbons (Fsp3) is 0.677. The van der Waals surface area contributed by atoms with Crippen LogP contribution >= 0.6 is 0 Å². The largest absolute Gasteiger partial charge is 0.465 e. The zero-order valence-corrected chi connectivity index (χ0v) is 24.5. The van der Waals surface area contributed by atoms with Crippen LogP contribution in [0.4, 0.5) is 0 Å². The lowest BCUT2D eigenvalue weighted by atomic mass is 9.69. The number of allylic oxidation sites excluding steroid dienone is 5. The second kappa shape index (κ2) is 13.9. The third kappa shape index (κ3) is 8.40. The molecule has 0 N–H and O–H groups in total. The lowest BCUT2D eigenvalue weighted by Crippen LogP contribution is -2.33. The number of esters is 3. The van der Waals surface area contributed by atoms with Crippen molar-refractivity contribution in [1.29, 1.82) is 0 Å². The van der Waals surface area contributed by atoms with E-state index in [1.807, 2.05) is 13.8 Å². The smallest absolute Gasteiger partial charge is 0.308 e. The van der Waals surface area contributed by atoms with Crippen molar-refractivity contribution in [1.82, 2.24) is 0 Å². The summed E-state index contributed by atoms with van der Waals surface area (Å²) in [4.78, 5) is 49.4. The quantitative estimate of drug-likeness (QED) is 0.230. The Morgan fingerprint density at radius 3 is 2.24 bits per heavy atom. The van der Waals surface area contributed by atoms with E-state index in [0.29, 0.717) is 19.3 Å². The van der Waals surface area contributed by atoms with Crippen molar-refractivity contribution in [2.24, 2.45) is 23.2 Å². The van der Waals surface area contributed by atoms with Gasteiger partial charge in [0.2, 0.25) is 5.78 Å². The Balaban J connectivity index is 2.55. The summed E-state index contributed by atoms with van der Waals surface area (Å²) in [6.45, 7) is 14.3. The van der Waals surface area contributed by atoms with Crippen LogP contribution in [0, 0.1) is 23.2 Å². The Kier molecular flexibility index (Phi) is 11.5. The summed E-state index contributed by atoms with van der Waals surface area (Å²) in [5, 5.41) is 0. The fourth-order valence-electron chi connectivity index (χ4n) is 5.70. The van der Waals surface area contributed by atoms with Gasteiger partial charge in [0.25, 0.3) is 0 Å². The van der Waals surface area contributed by atoms with Gasteiger partial charge in [-0.25, -0.2) is 0 Å². The van der Waals surface area contributed by atoms with E-state index in [-0.39, 0.29) is 48.0 Å². The monoisotopic (exact) mass is 530 g/mol. The summed E-state index contributed by atoms with van der Waals surface area (Å²) < 4.78 is 16.6. The molecule has 7 nitrogen and oxygen atoms in total. The minimum atomic E-state index is -0.811. The van der Waals surface area contributed by atoms with Crippen molar-refractivity contribution < 1.29 is 33.4 Å². The Morgan fingerprint density at radius 2 is 1.63 bits per heavy atom. The van der Waals surface area contributed by atoms with E-state index < -0.39 is 17.4 Å². The summed E-state index contributed by atoms with van der Waals surface area (Å²) in [5.74, 6) is -1.79. The van der Waals surface area contributed by atoms with Crippen molar-refractivity contribution in [2.45, 2.75) is 106 Å². The van der Waals surface area contributed by atoms with Gasteiger partial charge in [-0.3, -0.25) is 19.2 Å². The van der Waals surface area contributed by atoms with Crippen molar-refractivity contribution in [3.05, 3.63) is 34.6 Å². The van der Waals surface area contributed by atoms with E-state index >= 15 is 0 Å². The van der Waals surface area contributed by atoms with Crippen LogP contribution < -0.4 is 0 Å². The molecule has 0 radical (unpaired) electrons. The second-order valence-corrected chi connectivity index (χ2v) is 11.5. The predicted molar refractivity (Wildman–Crippen MR) is 146 cm³/mol. The van der Waals surface area contributed by atoms with Crippen molar-refractivity contribution in [2.75, 3.05) is 6.61 Å². The summed E-state index contributed by atoms with van der Waals surface area (Å²) in [5.41, 5.74) is 2.41. The van der Waals surface area contributed by atoms with E-state index in [1.165, 1.54) is 31.9 Å². The van der Waals surface area contributed by atoms with Gasteiger partial charge >= 0.3 is 17.9 Å². The number of carbonyl (C=O) groups is 4. The molecular formula is C31H46O7. The maximum absolute atomic E-state index is 13.9. The van der Waals surface area contributed by atoms with Gasteiger partial charge in [-0.05, 0) is 76.2 Å². The normalized spacial score (nSPS) is 30.9. The van der Waals surface area contributed by atoms with Crippen molar-refractivity contribution >= 4 is 23.7 Å². The van der Waals surface area contributed by atoms with Gasteiger partial charge in [0.15, 0.2) is 5.76 Å². The first-order chi connectivity index (χ1) is 17.8. The minimum absolute atomic E-state index is 0.0660. The molecule has 7 heteroatoms. The van der Waals surface area contributed by atoms with E-state index in [0.717, 1.165) is 31.3 Å². The first-order valence-electron chi connectivity index (χ1n) is 13.8. The van der Waals surface area contributed by atoms with Crippen LogP contribution in [0.1, 0.15) is 100 Å². The Hall–Kier alpha value is -2.70. The van der Waals surface area contributed by atoms with Gasteiger partial charge in [-0.1, -0.05) is 44.1 Å². The number of hydrogen-bond donors (Lipinski definition) is 0. The van der Waals surface area contributed by atoms with E-state index in [1.54, 1.807) is 0 Å². The molecule has 0 aromatic carbocycles. The Bertz CT molecular complexity index is 1000. The van der Waals surface area contributed by atoms with E-state index in [9.17, 15) is 19.2 Å². The van der Waals surface area contributed by atoms with E-state index in [2.05, 4.69) is 32.9 Å². The average molecular weight is 531 g/mol. The molecule has 0 aromatic rings. The van der Waals surface area contributed by atoms with Crippen LogP contribution in [-0.4, -0.2) is 36.4 Å². The molecule has 0 spiro atoms. The second-order valence-electron chi connectivity index (χ2n) is 11.5. The van der Waals surface area contributed by atoms with Gasteiger partial charge in [-0.15, -0.1) is 0 Å². The summed E-state index contributed by atoms with van der Waals surface area (Å²) in [6, 6.07) is 0. The predicted octanol–water partition coefficient (Wildman–Crippen LogP) is 6.41. The van der Waals surface area contributed by atoms with Crippen molar-refractivity contribution in [3.8, 4) is 0 Å². The average Bonchev–Trinajstić information content (AvgIpc) is 3.02. The number of carbonyl (C=O) groups excluding carboxylic acids is 4. The van der Waals surface area contributed by atoms with Gasteiger partial charge in [0, 0.05) is 32.1 Å². The number of ether oxygens (including phenoxy) is 3. The van der Waals surface area contributed by atoms with Gasteiger partial charge in [-0.2, -0.15) is 0 Å². The highest BCUT2D eigenvalue weighted by Gasteiger charge is 2.53. The molecule has 2 rings (SSSR count). The lowest BCUT2D eigenvalue weighted by molar-refractivity contribution is -0.149. The molecule has 38 heavy (non-hydrogen) atoms. The molecule has 2 aliphatic carbocycles. The van der Waals surface area contributed by atoms with Crippen LogP contribution in [0.3, 0.4) is 0 Å². The van der Waals surface area contributed by atoms with Crippen LogP contribution in [-0.2, 0) is 33.4 Å². The van der Waals surface area contributed by atoms with Gasteiger partial charge in [0.05, 0.1) is 6.61 Å². The topological polar surface area (TPSA) is 96.0 Å². The van der Waals surface area contributed by atoms with Crippen LogP contribution in [0.2, 0.25) is 0 Å².